The molecule has 0 bridgehead atoms. The molecule has 0 saturated heterocycles. The summed E-state index contributed by atoms with van der Waals surface area (Å²) in [5.74, 6) is 0.513. The van der Waals surface area contributed by atoms with Crippen LogP contribution in [0.5, 0.6) is 0 Å². The highest BCUT2D eigenvalue weighted by Gasteiger charge is 2.32. The smallest absolute Gasteiger partial charge is 0.251 e. The van der Waals surface area contributed by atoms with E-state index >= 15 is 0 Å². The number of benzene rings is 1. The molecule has 4 nitrogen and oxygen atoms in total. The van der Waals surface area contributed by atoms with E-state index in [-0.39, 0.29) is 18.1 Å². The Kier molecular flexibility index (Phi) is 4.66. The number of methoxy groups -OCH3 is 1. The molecule has 0 aliphatic carbocycles. The van der Waals surface area contributed by atoms with Crippen LogP contribution in [0.25, 0.3) is 0 Å². The van der Waals surface area contributed by atoms with Crippen LogP contribution in [0, 0.1) is 0 Å². The molecule has 1 aliphatic rings. The Hall–Kier alpha value is -1.97. The van der Waals surface area contributed by atoms with Gasteiger partial charge in [0.05, 0.1) is 13.2 Å². The van der Waals surface area contributed by atoms with E-state index in [0.29, 0.717) is 5.88 Å². The zero-order chi connectivity index (χ0) is 14.5. The Bertz CT molecular complexity index is 485. The van der Waals surface area contributed by atoms with Crippen molar-refractivity contribution in [2.75, 3.05) is 7.11 Å². The number of hydrogen-bond donors (Lipinski definition) is 1. The first-order chi connectivity index (χ1) is 9.67. The van der Waals surface area contributed by atoms with Crippen LogP contribution in [-0.2, 0) is 9.53 Å². The third-order valence-electron chi connectivity index (χ3n) is 3.57. The van der Waals surface area contributed by atoms with Gasteiger partial charge in [0.2, 0.25) is 0 Å². The van der Waals surface area contributed by atoms with Crippen molar-refractivity contribution < 1.29 is 9.53 Å². The minimum Gasteiger partial charge on any atom is -0.482 e. The van der Waals surface area contributed by atoms with Crippen molar-refractivity contribution in [3.05, 3.63) is 47.9 Å². The van der Waals surface area contributed by atoms with Crippen LogP contribution in [0.1, 0.15) is 38.4 Å². The number of hydrogen-bond acceptors (Lipinski definition) is 3. The molecule has 1 N–H and O–H groups in total. The van der Waals surface area contributed by atoms with Crippen LogP contribution in [-0.4, -0.2) is 24.0 Å². The summed E-state index contributed by atoms with van der Waals surface area (Å²) < 4.78 is 5.42. The van der Waals surface area contributed by atoms with Gasteiger partial charge in [-0.05, 0) is 18.9 Å². The van der Waals surface area contributed by atoms with Crippen molar-refractivity contribution >= 4 is 5.91 Å². The summed E-state index contributed by atoms with van der Waals surface area (Å²) in [6, 6.07) is 10.3. The quantitative estimate of drug-likeness (QED) is 0.897. The second-order valence-electron chi connectivity index (χ2n) is 5.05. The van der Waals surface area contributed by atoms with Gasteiger partial charge >= 0.3 is 0 Å². The van der Waals surface area contributed by atoms with E-state index in [1.54, 1.807) is 7.11 Å². The molecule has 0 spiro atoms. The van der Waals surface area contributed by atoms with Crippen molar-refractivity contribution in [2.24, 2.45) is 0 Å². The standard InChI is InChI=1S/C16H22N2O2/c1-4-8-12(2)18-15(20-3)11-14(19)17-16(18)13-9-6-5-7-10-13/h5-7,9-12,16H,4,8H2,1-3H3,(H,17,19). The largest absolute Gasteiger partial charge is 0.482 e. The second-order valence-corrected chi connectivity index (χ2v) is 5.05. The van der Waals surface area contributed by atoms with Gasteiger partial charge in [0, 0.05) is 6.04 Å². The molecule has 1 aromatic rings. The highest BCUT2D eigenvalue weighted by atomic mass is 16.5. The van der Waals surface area contributed by atoms with E-state index in [1.165, 1.54) is 6.08 Å². The molecule has 108 valence electrons. The molecule has 4 heteroatoms. The Morgan fingerprint density at radius 1 is 1.35 bits per heavy atom. The lowest BCUT2D eigenvalue weighted by molar-refractivity contribution is -0.121. The first kappa shape index (κ1) is 14.4. The highest BCUT2D eigenvalue weighted by molar-refractivity contribution is 5.89. The lowest BCUT2D eigenvalue weighted by atomic mass is 10.1. The topological polar surface area (TPSA) is 41.6 Å². The predicted molar refractivity (Wildman–Crippen MR) is 78.6 cm³/mol. The summed E-state index contributed by atoms with van der Waals surface area (Å²) in [5.41, 5.74) is 1.06. The van der Waals surface area contributed by atoms with Crippen LogP contribution in [0.15, 0.2) is 42.3 Å². The highest BCUT2D eigenvalue weighted by Crippen LogP contribution is 2.29. The number of nitrogens with one attached hydrogen (secondary N) is 1. The average Bonchev–Trinajstić information content (AvgIpc) is 2.47. The summed E-state index contributed by atoms with van der Waals surface area (Å²) >= 11 is 0. The number of nitrogens with zero attached hydrogens (tertiary/aromatic N) is 1. The number of carbonyl (C=O) groups excluding carboxylic acids is 1. The molecule has 0 aromatic heterocycles. The van der Waals surface area contributed by atoms with Crippen LogP contribution >= 0.6 is 0 Å². The molecule has 1 aromatic carbocycles. The van der Waals surface area contributed by atoms with Crippen molar-refractivity contribution in [3.63, 3.8) is 0 Å². The van der Waals surface area contributed by atoms with Gasteiger partial charge in [-0.2, -0.15) is 0 Å². The zero-order valence-corrected chi connectivity index (χ0v) is 12.3. The van der Waals surface area contributed by atoms with Crippen LogP contribution in [0.3, 0.4) is 0 Å². The number of carbonyl (C=O) groups is 1. The number of amides is 1. The van der Waals surface area contributed by atoms with E-state index < -0.39 is 0 Å². The number of ether oxygens (including phenoxy) is 1. The van der Waals surface area contributed by atoms with Crippen molar-refractivity contribution in [1.29, 1.82) is 0 Å². The molecule has 2 rings (SSSR count). The molecule has 20 heavy (non-hydrogen) atoms. The van der Waals surface area contributed by atoms with E-state index in [4.69, 9.17) is 4.74 Å². The van der Waals surface area contributed by atoms with E-state index in [0.717, 1.165) is 18.4 Å². The molecule has 2 atom stereocenters. The number of rotatable bonds is 5. The van der Waals surface area contributed by atoms with Gasteiger partial charge in [-0.25, -0.2) is 0 Å². The third-order valence-corrected chi connectivity index (χ3v) is 3.57. The molecule has 0 fully saturated rings. The van der Waals surface area contributed by atoms with Crippen molar-refractivity contribution in [2.45, 2.75) is 38.9 Å². The van der Waals surface area contributed by atoms with Crippen molar-refractivity contribution in [3.8, 4) is 0 Å². The summed E-state index contributed by atoms with van der Waals surface area (Å²) in [7, 11) is 1.61. The molecular formula is C16H22N2O2. The Labute approximate surface area is 120 Å². The normalized spacial score (nSPS) is 20.1. The van der Waals surface area contributed by atoms with Gasteiger partial charge in [-0.15, -0.1) is 0 Å². The van der Waals surface area contributed by atoms with Gasteiger partial charge in [-0.3, -0.25) is 4.79 Å². The van der Waals surface area contributed by atoms with E-state index in [9.17, 15) is 4.79 Å². The first-order valence-electron chi connectivity index (χ1n) is 7.06. The molecular weight excluding hydrogens is 252 g/mol. The molecule has 1 amide bonds. The lowest BCUT2D eigenvalue weighted by Gasteiger charge is -2.41. The molecule has 2 unspecified atom stereocenters. The lowest BCUT2D eigenvalue weighted by Crippen LogP contribution is -2.48. The maximum absolute atomic E-state index is 11.8. The van der Waals surface area contributed by atoms with Gasteiger partial charge in [0.1, 0.15) is 6.17 Å². The van der Waals surface area contributed by atoms with E-state index in [1.807, 2.05) is 30.3 Å². The van der Waals surface area contributed by atoms with Crippen LogP contribution < -0.4 is 5.32 Å². The minimum absolute atomic E-state index is 0.115. The Balaban J connectivity index is 2.37. The molecule has 1 aliphatic heterocycles. The van der Waals surface area contributed by atoms with Gasteiger partial charge < -0.3 is 15.0 Å². The summed E-state index contributed by atoms with van der Waals surface area (Å²) in [6.45, 7) is 4.32. The SMILES string of the molecule is CCCC(C)N1C(OC)=CC(=O)NC1c1ccccc1. The molecule has 0 saturated carbocycles. The second kappa shape index (κ2) is 6.46. The van der Waals surface area contributed by atoms with Crippen LogP contribution in [0.2, 0.25) is 0 Å². The average molecular weight is 274 g/mol. The molecule has 0 radical (unpaired) electrons. The van der Waals surface area contributed by atoms with Crippen molar-refractivity contribution in [1.82, 2.24) is 10.2 Å². The first-order valence-corrected chi connectivity index (χ1v) is 7.06. The molecule has 1 heterocycles. The summed E-state index contributed by atoms with van der Waals surface area (Å²) in [4.78, 5) is 14.0. The summed E-state index contributed by atoms with van der Waals surface area (Å²) in [6.07, 6.45) is 3.47. The van der Waals surface area contributed by atoms with Gasteiger partial charge in [0.25, 0.3) is 5.91 Å². The van der Waals surface area contributed by atoms with Crippen LogP contribution in [0.4, 0.5) is 0 Å². The fraction of sp³-hybridized carbons (Fsp3) is 0.438. The van der Waals surface area contributed by atoms with Gasteiger partial charge in [-0.1, -0.05) is 43.7 Å². The maximum Gasteiger partial charge on any atom is 0.251 e. The Morgan fingerprint density at radius 2 is 2.05 bits per heavy atom. The van der Waals surface area contributed by atoms with E-state index in [2.05, 4.69) is 24.1 Å². The Morgan fingerprint density at radius 3 is 2.65 bits per heavy atom. The third kappa shape index (κ3) is 2.95. The fourth-order valence-corrected chi connectivity index (χ4v) is 2.63. The zero-order valence-electron chi connectivity index (χ0n) is 12.3. The predicted octanol–water partition coefficient (Wildman–Crippen LogP) is 2.79. The maximum atomic E-state index is 11.8. The minimum atomic E-state index is -0.176. The summed E-state index contributed by atoms with van der Waals surface area (Å²) in [5, 5.41) is 3.02. The van der Waals surface area contributed by atoms with Gasteiger partial charge in [0.15, 0.2) is 5.88 Å². The monoisotopic (exact) mass is 274 g/mol. The fourth-order valence-electron chi connectivity index (χ4n) is 2.63.